The van der Waals surface area contributed by atoms with Gasteiger partial charge >= 0.3 is 0 Å². The van der Waals surface area contributed by atoms with Crippen molar-refractivity contribution in [2.75, 3.05) is 5.73 Å². The van der Waals surface area contributed by atoms with E-state index in [0.717, 1.165) is 11.3 Å². The number of nitrogen functional groups attached to an aromatic ring is 1. The first kappa shape index (κ1) is 14.7. The van der Waals surface area contributed by atoms with Crippen LogP contribution in [0.2, 0.25) is 0 Å². The van der Waals surface area contributed by atoms with Crippen LogP contribution in [-0.2, 0) is 0 Å². The molecule has 4 heteroatoms. The van der Waals surface area contributed by atoms with Crippen molar-refractivity contribution in [3.63, 3.8) is 0 Å². The summed E-state index contributed by atoms with van der Waals surface area (Å²) >= 11 is 0. The van der Waals surface area contributed by atoms with Gasteiger partial charge in [-0.05, 0) is 25.5 Å². The number of anilines is 1. The highest BCUT2D eigenvalue weighted by molar-refractivity contribution is 5.26. The maximum atomic E-state index is 5.17. The standard InChI is InChI=1S/C8H7N.C4H6N2O.CH4/c1-3-8-5-4-7(2)6-9-8;1-3-2-4(5)6-7-3;/h1,4-6H,2H3;2H,1H3,(H2,5,6);1H4. The zero-order valence-corrected chi connectivity index (χ0v) is 9.27. The Morgan fingerprint density at radius 3 is 2.35 bits per heavy atom. The number of aromatic nitrogens is 2. The predicted octanol–water partition coefficient (Wildman–Crippen LogP) is 2.57. The molecule has 0 unspecified atom stereocenters. The van der Waals surface area contributed by atoms with Crippen molar-refractivity contribution in [1.29, 1.82) is 0 Å². The summed E-state index contributed by atoms with van der Waals surface area (Å²) in [4.78, 5) is 3.96. The molecule has 90 valence electrons. The van der Waals surface area contributed by atoms with Gasteiger partial charge in [0.15, 0.2) is 5.82 Å². The Bertz CT molecular complexity index is 464. The molecule has 2 heterocycles. The second-order valence-corrected chi connectivity index (χ2v) is 3.23. The van der Waals surface area contributed by atoms with E-state index in [0.29, 0.717) is 11.5 Å². The number of pyridine rings is 1. The number of nitrogens with two attached hydrogens (primary N) is 1. The predicted molar refractivity (Wildman–Crippen MR) is 69.3 cm³/mol. The quantitative estimate of drug-likeness (QED) is 0.708. The molecule has 2 N–H and O–H groups in total. The minimum Gasteiger partial charge on any atom is -0.381 e. The lowest BCUT2D eigenvalue weighted by molar-refractivity contribution is 0.400. The first-order valence-electron chi connectivity index (χ1n) is 4.70. The van der Waals surface area contributed by atoms with Crippen molar-refractivity contribution in [3.05, 3.63) is 41.4 Å². The average Bonchev–Trinajstić information content (AvgIpc) is 2.65. The molecule has 0 aliphatic rings. The lowest BCUT2D eigenvalue weighted by Crippen LogP contribution is -1.80. The Kier molecular flexibility index (Phi) is 6.12. The van der Waals surface area contributed by atoms with Crippen molar-refractivity contribution in [2.24, 2.45) is 0 Å². The Morgan fingerprint density at radius 1 is 1.35 bits per heavy atom. The Balaban J connectivity index is 0.000000292. The van der Waals surface area contributed by atoms with E-state index in [-0.39, 0.29) is 7.43 Å². The van der Waals surface area contributed by atoms with Gasteiger partial charge in [-0.3, -0.25) is 0 Å². The summed E-state index contributed by atoms with van der Waals surface area (Å²) in [5, 5.41) is 3.42. The van der Waals surface area contributed by atoms with Crippen molar-refractivity contribution in [1.82, 2.24) is 10.1 Å². The first-order chi connectivity index (χ1) is 7.61. The lowest BCUT2D eigenvalue weighted by atomic mass is 10.3. The SMILES string of the molecule is C.C#Cc1ccc(C)cn1.Cc1cc(N)no1. The molecule has 0 aliphatic carbocycles. The van der Waals surface area contributed by atoms with E-state index >= 15 is 0 Å². The van der Waals surface area contributed by atoms with Gasteiger partial charge in [-0.25, -0.2) is 4.98 Å². The van der Waals surface area contributed by atoms with E-state index in [1.54, 1.807) is 19.2 Å². The summed E-state index contributed by atoms with van der Waals surface area (Å²) in [6.45, 7) is 3.77. The van der Waals surface area contributed by atoms with Crippen LogP contribution in [0.3, 0.4) is 0 Å². The molecule has 0 aliphatic heterocycles. The van der Waals surface area contributed by atoms with Crippen molar-refractivity contribution >= 4 is 5.82 Å². The average molecular weight is 231 g/mol. The fourth-order valence-corrected chi connectivity index (χ4v) is 0.939. The minimum atomic E-state index is 0. The summed E-state index contributed by atoms with van der Waals surface area (Å²) < 4.78 is 4.59. The molecule has 0 saturated heterocycles. The zero-order valence-electron chi connectivity index (χ0n) is 9.27. The number of terminal acetylenes is 1. The molecule has 0 fully saturated rings. The number of hydrogen-bond donors (Lipinski definition) is 1. The van der Waals surface area contributed by atoms with Crippen LogP contribution < -0.4 is 5.73 Å². The van der Waals surface area contributed by atoms with Gasteiger partial charge in [0.1, 0.15) is 11.5 Å². The van der Waals surface area contributed by atoms with Crippen molar-refractivity contribution < 1.29 is 4.52 Å². The molecule has 2 rings (SSSR count). The van der Waals surface area contributed by atoms with E-state index in [9.17, 15) is 0 Å². The monoisotopic (exact) mass is 231 g/mol. The molecular weight excluding hydrogens is 214 g/mol. The van der Waals surface area contributed by atoms with E-state index < -0.39 is 0 Å². The fraction of sp³-hybridized carbons (Fsp3) is 0.231. The number of nitrogens with zero attached hydrogens (tertiary/aromatic N) is 2. The molecule has 0 amide bonds. The molecule has 0 bridgehead atoms. The number of rotatable bonds is 0. The van der Waals surface area contributed by atoms with Crippen LogP contribution in [0.1, 0.15) is 24.4 Å². The summed E-state index contributed by atoms with van der Waals surface area (Å²) in [7, 11) is 0. The van der Waals surface area contributed by atoms with E-state index in [1.807, 2.05) is 19.1 Å². The van der Waals surface area contributed by atoms with Crippen LogP contribution in [0.4, 0.5) is 5.82 Å². The Hall–Kier alpha value is -2.28. The van der Waals surface area contributed by atoms with E-state index in [2.05, 4.69) is 20.6 Å². The van der Waals surface area contributed by atoms with Gasteiger partial charge in [0, 0.05) is 12.3 Å². The first-order valence-corrected chi connectivity index (χ1v) is 4.70. The summed E-state index contributed by atoms with van der Waals surface area (Å²) in [6, 6.07) is 5.44. The van der Waals surface area contributed by atoms with Crippen LogP contribution in [0, 0.1) is 26.2 Å². The smallest absolute Gasteiger partial charge is 0.167 e. The molecule has 2 aromatic rings. The van der Waals surface area contributed by atoms with Crippen LogP contribution in [-0.4, -0.2) is 10.1 Å². The molecule has 0 aromatic carbocycles. The summed E-state index contributed by atoms with van der Waals surface area (Å²) in [5.74, 6) is 3.63. The van der Waals surface area contributed by atoms with Crippen LogP contribution >= 0.6 is 0 Å². The van der Waals surface area contributed by atoms with Crippen molar-refractivity contribution in [3.8, 4) is 12.3 Å². The third kappa shape index (κ3) is 5.38. The van der Waals surface area contributed by atoms with Crippen molar-refractivity contribution in [2.45, 2.75) is 21.3 Å². The highest BCUT2D eigenvalue weighted by Crippen LogP contribution is 2.00. The molecular formula is C13H17N3O. The largest absolute Gasteiger partial charge is 0.381 e. The normalized spacial score (nSPS) is 8.29. The highest BCUT2D eigenvalue weighted by Gasteiger charge is 1.89. The molecule has 4 nitrogen and oxygen atoms in total. The van der Waals surface area contributed by atoms with Gasteiger partial charge in [-0.2, -0.15) is 0 Å². The third-order valence-electron chi connectivity index (χ3n) is 1.71. The molecule has 2 aromatic heterocycles. The molecule has 0 spiro atoms. The van der Waals surface area contributed by atoms with Crippen LogP contribution in [0.25, 0.3) is 0 Å². The topological polar surface area (TPSA) is 64.9 Å². The van der Waals surface area contributed by atoms with Gasteiger partial charge in [0.25, 0.3) is 0 Å². The third-order valence-corrected chi connectivity index (χ3v) is 1.71. The second kappa shape index (κ2) is 7.07. The van der Waals surface area contributed by atoms with Gasteiger partial charge in [0.2, 0.25) is 0 Å². The second-order valence-electron chi connectivity index (χ2n) is 3.23. The Labute approximate surface area is 102 Å². The van der Waals surface area contributed by atoms with Gasteiger partial charge in [0.05, 0.1) is 0 Å². The number of aryl methyl sites for hydroxylation is 2. The summed E-state index contributed by atoms with van der Waals surface area (Å²) in [6.07, 6.45) is 6.85. The van der Waals surface area contributed by atoms with E-state index in [4.69, 9.17) is 12.2 Å². The Morgan fingerprint density at radius 2 is 2.06 bits per heavy atom. The maximum absolute atomic E-state index is 5.17. The zero-order chi connectivity index (χ0) is 12.0. The molecule has 0 saturated carbocycles. The van der Waals surface area contributed by atoms with Crippen LogP contribution in [0.15, 0.2) is 28.9 Å². The van der Waals surface area contributed by atoms with Gasteiger partial charge in [-0.15, -0.1) is 6.42 Å². The molecule has 0 radical (unpaired) electrons. The van der Waals surface area contributed by atoms with Gasteiger partial charge < -0.3 is 10.3 Å². The van der Waals surface area contributed by atoms with Crippen LogP contribution in [0.5, 0.6) is 0 Å². The minimum absolute atomic E-state index is 0. The highest BCUT2D eigenvalue weighted by atomic mass is 16.5. The molecule has 17 heavy (non-hydrogen) atoms. The number of hydrogen-bond acceptors (Lipinski definition) is 4. The lowest BCUT2D eigenvalue weighted by Gasteiger charge is -1.88. The molecule has 0 atom stereocenters. The maximum Gasteiger partial charge on any atom is 0.167 e. The fourth-order valence-electron chi connectivity index (χ4n) is 0.939. The van der Waals surface area contributed by atoms with E-state index in [1.165, 1.54) is 0 Å². The summed E-state index contributed by atoms with van der Waals surface area (Å²) in [5.41, 5.74) is 7.00. The van der Waals surface area contributed by atoms with Gasteiger partial charge in [-0.1, -0.05) is 24.6 Å².